The van der Waals surface area contributed by atoms with Gasteiger partial charge in [-0.25, -0.2) is 0 Å². The van der Waals surface area contributed by atoms with E-state index in [1.807, 2.05) is 18.2 Å². The van der Waals surface area contributed by atoms with E-state index in [0.29, 0.717) is 13.2 Å². The first-order valence-corrected chi connectivity index (χ1v) is 6.77. The van der Waals surface area contributed by atoms with Gasteiger partial charge in [0.05, 0.1) is 0 Å². The number of benzene rings is 2. The molecule has 2 aromatic carbocycles. The van der Waals surface area contributed by atoms with E-state index in [2.05, 4.69) is 32.0 Å². The van der Waals surface area contributed by atoms with Gasteiger partial charge in [-0.1, -0.05) is 18.2 Å². The molecule has 0 saturated carbocycles. The van der Waals surface area contributed by atoms with Crippen molar-refractivity contribution in [1.82, 2.24) is 0 Å². The smallest absolute Gasteiger partial charge is 0.129 e. The van der Waals surface area contributed by atoms with Gasteiger partial charge in [0.25, 0.3) is 0 Å². The summed E-state index contributed by atoms with van der Waals surface area (Å²) < 4.78 is 11.2. The fourth-order valence-corrected chi connectivity index (χ4v) is 2.32. The van der Waals surface area contributed by atoms with Crippen molar-refractivity contribution in [2.24, 2.45) is 0 Å². The average molecular weight is 270 g/mol. The Morgan fingerprint density at radius 3 is 2.80 bits per heavy atom. The van der Waals surface area contributed by atoms with E-state index in [-0.39, 0.29) is 0 Å². The molecule has 0 aliphatic carbocycles. The lowest BCUT2D eigenvalue weighted by molar-refractivity contribution is 0.140. The van der Waals surface area contributed by atoms with Crippen LogP contribution < -0.4 is 9.47 Å². The minimum atomic E-state index is -0.515. The van der Waals surface area contributed by atoms with E-state index < -0.39 is 6.10 Å². The van der Waals surface area contributed by atoms with Crippen LogP contribution in [0.4, 0.5) is 0 Å². The van der Waals surface area contributed by atoms with E-state index in [1.165, 1.54) is 11.1 Å². The monoisotopic (exact) mass is 270 g/mol. The molecule has 1 aliphatic heterocycles. The van der Waals surface area contributed by atoms with Crippen molar-refractivity contribution in [3.63, 3.8) is 0 Å². The molecule has 1 heterocycles. The summed E-state index contributed by atoms with van der Waals surface area (Å²) in [7, 11) is 0. The first-order chi connectivity index (χ1) is 9.63. The molecular formula is C17H18O3. The lowest BCUT2D eigenvalue weighted by Gasteiger charge is -2.09. The molecule has 104 valence electrons. The minimum Gasteiger partial charge on any atom is -0.490 e. The largest absolute Gasteiger partial charge is 0.490 e. The standard InChI is InChI=1S/C17H18O3/c1-11-3-4-13(7-12(11)2)9-19-14-5-6-15-16(18)10-20-17(15)8-14/h3-8,16,18H,9-10H2,1-2H3. The first-order valence-electron chi connectivity index (χ1n) is 6.77. The first kappa shape index (κ1) is 13.0. The zero-order valence-corrected chi connectivity index (χ0v) is 11.7. The molecule has 20 heavy (non-hydrogen) atoms. The number of fused-ring (bicyclic) bond motifs is 1. The Bertz CT molecular complexity index is 634. The third-order valence-corrected chi connectivity index (χ3v) is 3.72. The summed E-state index contributed by atoms with van der Waals surface area (Å²) in [6.07, 6.45) is -0.515. The maximum atomic E-state index is 9.67. The van der Waals surface area contributed by atoms with Gasteiger partial charge in [0.2, 0.25) is 0 Å². The van der Waals surface area contributed by atoms with Crippen LogP contribution in [0.25, 0.3) is 0 Å². The molecule has 0 bridgehead atoms. The van der Waals surface area contributed by atoms with Crippen molar-refractivity contribution in [3.05, 3.63) is 58.7 Å². The van der Waals surface area contributed by atoms with Crippen molar-refractivity contribution >= 4 is 0 Å². The van der Waals surface area contributed by atoms with Gasteiger partial charge in [-0.2, -0.15) is 0 Å². The Labute approximate surface area is 118 Å². The Morgan fingerprint density at radius 1 is 1.15 bits per heavy atom. The summed E-state index contributed by atoms with van der Waals surface area (Å²) in [6, 6.07) is 11.9. The Kier molecular flexibility index (Phi) is 3.36. The quantitative estimate of drug-likeness (QED) is 0.930. The summed E-state index contributed by atoms with van der Waals surface area (Å²) in [5, 5.41) is 9.67. The molecule has 3 heteroatoms. The molecule has 1 N–H and O–H groups in total. The summed E-state index contributed by atoms with van der Waals surface area (Å²) in [6.45, 7) is 5.06. The molecule has 3 nitrogen and oxygen atoms in total. The summed E-state index contributed by atoms with van der Waals surface area (Å²) >= 11 is 0. The number of hydrogen-bond donors (Lipinski definition) is 1. The molecule has 0 amide bonds. The Hall–Kier alpha value is -2.00. The summed E-state index contributed by atoms with van der Waals surface area (Å²) in [5.41, 5.74) is 4.54. The molecule has 0 saturated heterocycles. The van der Waals surface area contributed by atoms with E-state index in [4.69, 9.17) is 9.47 Å². The average Bonchev–Trinajstić information content (AvgIpc) is 2.81. The van der Waals surface area contributed by atoms with Crippen LogP contribution in [0.1, 0.15) is 28.4 Å². The highest BCUT2D eigenvalue weighted by molar-refractivity contribution is 5.44. The lowest BCUT2D eigenvalue weighted by atomic mass is 10.1. The number of aliphatic hydroxyl groups excluding tert-OH is 1. The fraction of sp³-hybridized carbons (Fsp3) is 0.294. The van der Waals surface area contributed by atoms with Gasteiger partial charge in [-0.3, -0.25) is 0 Å². The Morgan fingerprint density at radius 2 is 2.00 bits per heavy atom. The minimum absolute atomic E-state index is 0.329. The van der Waals surface area contributed by atoms with Crippen molar-refractivity contribution in [2.75, 3.05) is 6.61 Å². The number of ether oxygens (including phenoxy) is 2. The second-order valence-corrected chi connectivity index (χ2v) is 5.23. The second-order valence-electron chi connectivity index (χ2n) is 5.23. The van der Waals surface area contributed by atoms with Gasteiger partial charge in [-0.15, -0.1) is 0 Å². The van der Waals surface area contributed by atoms with Crippen LogP contribution in [-0.2, 0) is 6.61 Å². The number of rotatable bonds is 3. The normalized spacial score (nSPS) is 16.6. The summed E-state index contributed by atoms with van der Waals surface area (Å²) in [5.74, 6) is 1.48. The van der Waals surface area contributed by atoms with Crippen LogP contribution in [0, 0.1) is 13.8 Å². The van der Waals surface area contributed by atoms with E-state index in [1.54, 1.807) is 0 Å². The van der Waals surface area contributed by atoms with Crippen LogP contribution in [0.5, 0.6) is 11.5 Å². The molecule has 2 aromatic rings. The number of aryl methyl sites for hydroxylation is 2. The third-order valence-electron chi connectivity index (χ3n) is 3.72. The highest BCUT2D eigenvalue weighted by Crippen LogP contribution is 2.35. The lowest BCUT2D eigenvalue weighted by Crippen LogP contribution is -1.97. The molecular weight excluding hydrogens is 252 g/mol. The van der Waals surface area contributed by atoms with Crippen LogP contribution in [0.3, 0.4) is 0 Å². The molecule has 3 rings (SSSR count). The molecule has 0 aromatic heterocycles. The van der Waals surface area contributed by atoms with Gasteiger partial charge in [-0.05, 0) is 42.7 Å². The van der Waals surface area contributed by atoms with Gasteiger partial charge in [0.1, 0.15) is 30.8 Å². The van der Waals surface area contributed by atoms with Crippen molar-refractivity contribution in [2.45, 2.75) is 26.6 Å². The number of aliphatic hydroxyl groups is 1. The van der Waals surface area contributed by atoms with Crippen molar-refractivity contribution in [1.29, 1.82) is 0 Å². The van der Waals surface area contributed by atoms with Gasteiger partial charge in [0.15, 0.2) is 0 Å². The summed E-state index contributed by atoms with van der Waals surface area (Å²) in [4.78, 5) is 0. The molecule has 0 radical (unpaired) electrons. The molecule has 1 aliphatic rings. The van der Waals surface area contributed by atoms with Gasteiger partial charge >= 0.3 is 0 Å². The zero-order valence-electron chi connectivity index (χ0n) is 11.7. The highest BCUT2D eigenvalue weighted by Gasteiger charge is 2.21. The molecule has 1 unspecified atom stereocenters. The topological polar surface area (TPSA) is 38.7 Å². The van der Waals surface area contributed by atoms with E-state index in [9.17, 15) is 5.11 Å². The predicted octanol–water partition coefficient (Wildman–Crippen LogP) is 3.31. The van der Waals surface area contributed by atoms with Crippen LogP contribution in [0.15, 0.2) is 36.4 Å². The highest BCUT2D eigenvalue weighted by atomic mass is 16.5. The van der Waals surface area contributed by atoms with Crippen LogP contribution in [-0.4, -0.2) is 11.7 Å². The fourth-order valence-electron chi connectivity index (χ4n) is 2.32. The molecule has 0 fully saturated rings. The molecule has 1 atom stereocenters. The predicted molar refractivity (Wildman–Crippen MR) is 77.1 cm³/mol. The molecule has 0 spiro atoms. The number of hydrogen-bond acceptors (Lipinski definition) is 3. The second kappa shape index (κ2) is 5.17. The maximum Gasteiger partial charge on any atom is 0.129 e. The zero-order chi connectivity index (χ0) is 14.1. The van der Waals surface area contributed by atoms with Crippen LogP contribution in [0.2, 0.25) is 0 Å². The van der Waals surface area contributed by atoms with Crippen LogP contribution >= 0.6 is 0 Å². The van der Waals surface area contributed by atoms with Gasteiger partial charge in [0, 0.05) is 11.6 Å². The maximum absolute atomic E-state index is 9.67. The van der Waals surface area contributed by atoms with Crippen molar-refractivity contribution < 1.29 is 14.6 Å². The Balaban J connectivity index is 1.71. The van der Waals surface area contributed by atoms with E-state index >= 15 is 0 Å². The van der Waals surface area contributed by atoms with Crippen molar-refractivity contribution in [3.8, 4) is 11.5 Å². The van der Waals surface area contributed by atoms with Gasteiger partial charge < -0.3 is 14.6 Å². The van der Waals surface area contributed by atoms with E-state index in [0.717, 1.165) is 22.6 Å². The third kappa shape index (κ3) is 2.49. The SMILES string of the molecule is Cc1ccc(COc2ccc3c(c2)OCC3O)cc1C.